The average Bonchev–Trinajstić information content (AvgIpc) is 3.29. The number of carbonyl (C=O) groups excluding carboxylic acids is 1. The zero-order valence-electron chi connectivity index (χ0n) is 15.5. The van der Waals surface area contributed by atoms with E-state index >= 15 is 0 Å². The van der Waals surface area contributed by atoms with Crippen LogP contribution in [0.5, 0.6) is 0 Å². The topological polar surface area (TPSA) is 66.3 Å². The molecule has 1 atom stereocenters. The molecule has 0 saturated carbocycles. The van der Waals surface area contributed by atoms with Crippen molar-refractivity contribution < 1.29 is 4.79 Å². The van der Waals surface area contributed by atoms with E-state index in [2.05, 4.69) is 20.5 Å². The smallest absolute Gasteiger partial charge is 0.276 e. The van der Waals surface area contributed by atoms with Gasteiger partial charge >= 0.3 is 0 Å². The molecule has 4 rings (SSSR count). The van der Waals surface area contributed by atoms with Gasteiger partial charge in [0.1, 0.15) is 0 Å². The second-order valence-electron chi connectivity index (χ2n) is 7.25. The van der Waals surface area contributed by atoms with Crippen molar-refractivity contribution in [1.82, 2.24) is 30.1 Å². The molecular formula is C19H26N6O. The minimum absolute atomic E-state index is 0.000891. The van der Waals surface area contributed by atoms with Crippen molar-refractivity contribution in [3.05, 3.63) is 41.2 Å². The summed E-state index contributed by atoms with van der Waals surface area (Å²) >= 11 is 0. The summed E-state index contributed by atoms with van der Waals surface area (Å²) in [5.41, 5.74) is 3.36. The third-order valence-corrected chi connectivity index (χ3v) is 5.46. The van der Waals surface area contributed by atoms with Gasteiger partial charge in [-0.25, -0.2) is 4.68 Å². The number of hydrogen-bond acceptors (Lipinski definition) is 5. The van der Waals surface area contributed by atoms with Crippen LogP contribution in [0, 0.1) is 13.8 Å². The highest BCUT2D eigenvalue weighted by Crippen LogP contribution is 2.20. The van der Waals surface area contributed by atoms with Gasteiger partial charge in [0.25, 0.3) is 5.91 Å². The highest BCUT2D eigenvalue weighted by atomic mass is 16.2. The Labute approximate surface area is 154 Å². The van der Waals surface area contributed by atoms with Crippen LogP contribution in [0.4, 0.5) is 0 Å². The number of nitrogens with zero attached hydrogens (tertiary/aromatic N) is 5. The van der Waals surface area contributed by atoms with Crippen LogP contribution < -0.4 is 5.32 Å². The molecule has 7 nitrogen and oxygen atoms in total. The fourth-order valence-electron chi connectivity index (χ4n) is 3.95. The van der Waals surface area contributed by atoms with Gasteiger partial charge in [0.2, 0.25) is 0 Å². The third-order valence-electron chi connectivity index (χ3n) is 5.46. The van der Waals surface area contributed by atoms with Crippen LogP contribution in [0.3, 0.4) is 0 Å². The van der Waals surface area contributed by atoms with Gasteiger partial charge < -0.3 is 10.2 Å². The van der Waals surface area contributed by atoms with Gasteiger partial charge in [-0.05, 0) is 38.0 Å². The molecule has 1 amide bonds. The largest absolute Gasteiger partial charge is 0.336 e. The molecule has 0 spiro atoms. The monoisotopic (exact) mass is 354 g/mol. The number of carbonyl (C=O) groups is 1. The number of hydrogen-bond donors (Lipinski definition) is 1. The molecule has 2 fully saturated rings. The number of rotatable bonds is 3. The minimum Gasteiger partial charge on any atom is -0.336 e. The molecule has 1 N–H and O–H groups in total. The molecule has 1 aromatic heterocycles. The van der Waals surface area contributed by atoms with Crippen LogP contribution in [-0.2, 0) is 0 Å². The van der Waals surface area contributed by atoms with Crippen molar-refractivity contribution in [2.24, 2.45) is 0 Å². The van der Waals surface area contributed by atoms with E-state index in [0.717, 1.165) is 62.6 Å². The molecule has 1 aromatic carbocycles. The number of nitrogens with one attached hydrogen (secondary N) is 1. The Kier molecular flexibility index (Phi) is 4.74. The minimum atomic E-state index is -0.000891. The number of piperazine rings is 1. The summed E-state index contributed by atoms with van der Waals surface area (Å²) in [5.74, 6) is -0.000891. The molecule has 2 saturated heterocycles. The lowest BCUT2D eigenvalue weighted by molar-refractivity contribution is 0.0767. The van der Waals surface area contributed by atoms with Gasteiger partial charge in [-0.1, -0.05) is 17.3 Å². The number of aromatic nitrogens is 3. The summed E-state index contributed by atoms with van der Waals surface area (Å²) in [7, 11) is 0. The molecule has 2 aromatic rings. The van der Waals surface area contributed by atoms with E-state index in [0.29, 0.717) is 11.7 Å². The van der Waals surface area contributed by atoms with E-state index in [1.165, 1.54) is 0 Å². The number of aryl methyl sites for hydroxylation is 1. The van der Waals surface area contributed by atoms with E-state index < -0.39 is 0 Å². The Hall–Kier alpha value is -2.25. The van der Waals surface area contributed by atoms with Crippen LogP contribution >= 0.6 is 0 Å². The van der Waals surface area contributed by atoms with Crippen molar-refractivity contribution in [2.45, 2.75) is 26.3 Å². The molecular weight excluding hydrogens is 328 g/mol. The fraction of sp³-hybridized carbons (Fsp3) is 0.526. The van der Waals surface area contributed by atoms with Gasteiger partial charge in [-0.2, -0.15) is 0 Å². The molecule has 0 bridgehead atoms. The predicted molar refractivity (Wildman–Crippen MR) is 99.6 cm³/mol. The van der Waals surface area contributed by atoms with Gasteiger partial charge in [0, 0.05) is 45.3 Å². The summed E-state index contributed by atoms with van der Waals surface area (Å²) in [6.07, 6.45) is 1.04. The number of amides is 1. The van der Waals surface area contributed by atoms with Crippen LogP contribution in [0.15, 0.2) is 24.3 Å². The summed E-state index contributed by atoms with van der Waals surface area (Å²) in [6, 6.07) is 8.53. The summed E-state index contributed by atoms with van der Waals surface area (Å²) in [6.45, 7) is 9.74. The normalized spacial score (nSPS) is 21.3. The maximum Gasteiger partial charge on any atom is 0.276 e. The Morgan fingerprint density at radius 2 is 2.00 bits per heavy atom. The Morgan fingerprint density at radius 1 is 1.19 bits per heavy atom. The first kappa shape index (κ1) is 17.2. The van der Waals surface area contributed by atoms with Crippen molar-refractivity contribution in [3.8, 4) is 5.69 Å². The Bertz CT molecular complexity index is 795. The molecule has 7 heteroatoms. The maximum absolute atomic E-state index is 13.0. The second kappa shape index (κ2) is 7.17. The van der Waals surface area contributed by atoms with Gasteiger partial charge in [0.05, 0.1) is 11.4 Å². The number of likely N-dealkylation sites (tertiary alicyclic amines) is 1. The Morgan fingerprint density at radius 3 is 2.77 bits per heavy atom. The first-order valence-electron chi connectivity index (χ1n) is 9.37. The molecule has 2 aliphatic heterocycles. The summed E-state index contributed by atoms with van der Waals surface area (Å²) < 4.78 is 1.75. The molecule has 0 aliphatic carbocycles. The van der Waals surface area contributed by atoms with E-state index in [1.807, 2.05) is 43.0 Å². The van der Waals surface area contributed by atoms with Crippen molar-refractivity contribution in [3.63, 3.8) is 0 Å². The SMILES string of the molecule is Cc1cccc(-n2nnc(C(=O)N3CCC(N4CCNCC4)C3)c2C)c1. The summed E-state index contributed by atoms with van der Waals surface area (Å²) in [5, 5.41) is 11.8. The second-order valence-corrected chi connectivity index (χ2v) is 7.25. The van der Waals surface area contributed by atoms with Crippen LogP contribution in [0.1, 0.15) is 28.2 Å². The molecule has 26 heavy (non-hydrogen) atoms. The fourth-order valence-corrected chi connectivity index (χ4v) is 3.95. The highest BCUT2D eigenvalue weighted by Gasteiger charge is 2.33. The van der Waals surface area contributed by atoms with Crippen LogP contribution in [0.25, 0.3) is 5.69 Å². The van der Waals surface area contributed by atoms with Gasteiger partial charge in [-0.15, -0.1) is 5.10 Å². The lowest BCUT2D eigenvalue weighted by atomic mass is 10.2. The lowest BCUT2D eigenvalue weighted by Gasteiger charge is -2.32. The maximum atomic E-state index is 13.0. The Balaban J connectivity index is 1.49. The van der Waals surface area contributed by atoms with Gasteiger partial charge in [-0.3, -0.25) is 9.69 Å². The average molecular weight is 354 g/mol. The lowest BCUT2D eigenvalue weighted by Crippen LogP contribution is -2.49. The highest BCUT2D eigenvalue weighted by molar-refractivity contribution is 5.93. The first-order chi connectivity index (χ1) is 12.6. The third kappa shape index (κ3) is 3.24. The predicted octanol–water partition coefficient (Wildman–Crippen LogP) is 1.00. The van der Waals surface area contributed by atoms with Gasteiger partial charge in [0.15, 0.2) is 5.69 Å². The van der Waals surface area contributed by atoms with Crippen LogP contribution in [-0.4, -0.2) is 76.0 Å². The van der Waals surface area contributed by atoms with E-state index in [4.69, 9.17) is 0 Å². The van der Waals surface area contributed by atoms with Crippen LogP contribution in [0.2, 0.25) is 0 Å². The number of benzene rings is 1. The van der Waals surface area contributed by atoms with E-state index in [-0.39, 0.29) is 5.91 Å². The molecule has 3 heterocycles. The summed E-state index contributed by atoms with van der Waals surface area (Å²) in [4.78, 5) is 17.4. The zero-order chi connectivity index (χ0) is 18.1. The zero-order valence-corrected chi connectivity index (χ0v) is 15.5. The van der Waals surface area contributed by atoms with Crippen molar-refractivity contribution >= 4 is 5.91 Å². The quantitative estimate of drug-likeness (QED) is 0.891. The van der Waals surface area contributed by atoms with Crippen molar-refractivity contribution in [1.29, 1.82) is 0 Å². The van der Waals surface area contributed by atoms with E-state index in [1.54, 1.807) is 4.68 Å². The molecule has 138 valence electrons. The molecule has 2 aliphatic rings. The van der Waals surface area contributed by atoms with Crippen molar-refractivity contribution in [2.75, 3.05) is 39.3 Å². The first-order valence-corrected chi connectivity index (χ1v) is 9.37. The van der Waals surface area contributed by atoms with E-state index in [9.17, 15) is 4.79 Å². The molecule has 1 unspecified atom stereocenters. The standard InChI is InChI=1S/C19H26N6O/c1-14-4-3-5-16(12-14)25-15(2)18(21-22-25)19(26)24-9-6-17(13-24)23-10-7-20-8-11-23/h3-5,12,17,20H,6-11,13H2,1-2H3. The molecule has 0 radical (unpaired) electrons.